The molecular formula is C16H26ClN3. The molecule has 20 heavy (non-hydrogen) atoms. The van der Waals surface area contributed by atoms with E-state index < -0.39 is 0 Å². The van der Waals surface area contributed by atoms with Crippen molar-refractivity contribution in [1.82, 2.24) is 10.2 Å². The fourth-order valence-corrected chi connectivity index (χ4v) is 3.01. The van der Waals surface area contributed by atoms with Crippen molar-refractivity contribution in [3.63, 3.8) is 0 Å². The summed E-state index contributed by atoms with van der Waals surface area (Å²) in [4.78, 5) is 5.03. The first-order valence-electron chi connectivity index (χ1n) is 7.35. The number of nitrogens with zero attached hydrogens (tertiary/aromatic N) is 2. The molecule has 4 heteroatoms. The molecule has 0 atom stereocenters. The van der Waals surface area contributed by atoms with Crippen molar-refractivity contribution in [2.24, 2.45) is 0 Å². The Balaban J connectivity index is 2.10. The molecular weight excluding hydrogens is 270 g/mol. The Morgan fingerprint density at radius 2 is 1.80 bits per heavy atom. The second-order valence-corrected chi connectivity index (χ2v) is 6.88. The van der Waals surface area contributed by atoms with Crippen LogP contribution in [0.5, 0.6) is 0 Å². The molecule has 0 amide bonds. The molecule has 0 aromatic heterocycles. The molecule has 112 valence electrons. The standard InChI is InChI=1S/C16H26ClN3/c1-16(2,3)20-9-7-19(8-10-20)15-6-5-14(17)11-13(15)12-18-4/h5-6,11,18H,7-10,12H2,1-4H3. The zero-order valence-electron chi connectivity index (χ0n) is 13.0. The van der Waals surface area contributed by atoms with Crippen LogP contribution < -0.4 is 10.2 Å². The highest BCUT2D eigenvalue weighted by atomic mass is 35.5. The van der Waals surface area contributed by atoms with Gasteiger partial charge < -0.3 is 10.2 Å². The van der Waals surface area contributed by atoms with Crippen LogP contribution in [0.4, 0.5) is 5.69 Å². The summed E-state index contributed by atoms with van der Waals surface area (Å²) in [6.45, 7) is 12.1. The maximum absolute atomic E-state index is 6.12. The number of hydrogen-bond donors (Lipinski definition) is 1. The number of halogens is 1. The van der Waals surface area contributed by atoms with Crippen molar-refractivity contribution in [3.8, 4) is 0 Å². The number of piperazine rings is 1. The van der Waals surface area contributed by atoms with Crippen molar-refractivity contribution >= 4 is 17.3 Å². The number of hydrogen-bond acceptors (Lipinski definition) is 3. The Morgan fingerprint density at radius 3 is 2.35 bits per heavy atom. The molecule has 1 N–H and O–H groups in total. The van der Waals surface area contributed by atoms with Gasteiger partial charge in [0.15, 0.2) is 0 Å². The molecule has 1 aromatic carbocycles. The predicted molar refractivity (Wildman–Crippen MR) is 87.8 cm³/mol. The average Bonchev–Trinajstić information content (AvgIpc) is 2.38. The zero-order chi connectivity index (χ0) is 14.8. The second kappa shape index (κ2) is 6.33. The first-order valence-corrected chi connectivity index (χ1v) is 7.72. The molecule has 1 aliphatic rings. The summed E-state index contributed by atoms with van der Waals surface area (Å²) >= 11 is 6.12. The minimum Gasteiger partial charge on any atom is -0.369 e. The van der Waals surface area contributed by atoms with Crippen molar-refractivity contribution in [3.05, 3.63) is 28.8 Å². The molecule has 3 nitrogen and oxygen atoms in total. The molecule has 1 aliphatic heterocycles. The molecule has 0 spiro atoms. The maximum atomic E-state index is 6.12. The molecule has 0 aliphatic carbocycles. The maximum Gasteiger partial charge on any atom is 0.0413 e. The van der Waals surface area contributed by atoms with E-state index in [-0.39, 0.29) is 5.54 Å². The molecule has 0 bridgehead atoms. The normalized spacial score (nSPS) is 17.6. The number of rotatable bonds is 3. The van der Waals surface area contributed by atoms with E-state index in [2.05, 4.69) is 48.0 Å². The van der Waals surface area contributed by atoms with Crippen LogP contribution in [0.25, 0.3) is 0 Å². The van der Waals surface area contributed by atoms with Gasteiger partial charge in [-0.3, -0.25) is 4.90 Å². The van der Waals surface area contributed by atoms with Gasteiger partial charge in [-0.1, -0.05) is 11.6 Å². The minimum atomic E-state index is 0.264. The molecule has 0 unspecified atom stereocenters. The summed E-state index contributed by atoms with van der Waals surface area (Å²) in [5.41, 5.74) is 2.86. The first-order chi connectivity index (χ1) is 9.41. The highest BCUT2D eigenvalue weighted by molar-refractivity contribution is 6.30. The van der Waals surface area contributed by atoms with Gasteiger partial charge in [0, 0.05) is 49.0 Å². The van der Waals surface area contributed by atoms with Crippen LogP contribution in [0.1, 0.15) is 26.3 Å². The molecule has 1 saturated heterocycles. The van der Waals surface area contributed by atoms with Crippen LogP contribution in [0.15, 0.2) is 18.2 Å². The molecule has 0 saturated carbocycles. The monoisotopic (exact) mass is 295 g/mol. The van der Waals surface area contributed by atoms with Crippen LogP contribution >= 0.6 is 11.6 Å². The predicted octanol–water partition coefficient (Wildman–Crippen LogP) is 2.98. The summed E-state index contributed by atoms with van der Waals surface area (Å²) in [7, 11) is 1.97. The van der Waals surface area contributed by atoms with Gasteiger partial charge in [-0.15, -0.1) is 0 Å². The second-order valence-electron chi connectivity index (χ2n) is 6.45. The summed E-state index contributed by atoms with van der Waals surface area (Å²) in [6.07, 6.45) is 0. The van der Waals surface area contributed by atoms with Crippen molar-refractivity contribution in [1.29, 1.82) is 0 Å². The van der Waals surface area contributed by atoms with Gasteiger partial charge in [0.05, 0.1) is 0 Å². The van der Waals surface area contributed by atoms with E-state index in [1.807, 2.05) is 13.1 Å². The van der Waals surface area contributed by atoms with Gasteiger partial charge in [0.25, 0.3) is 0 Å². The Morgan fingerprint density at radius 1 is 1.15 bits per heavy atom. The lowest BCUT2D eigenvalue weighted by molar-refractivity contribution is 0.128. The van der Waals surface area contributed by atoms with E-state index in [9.17, 15) is 0 Å². The van der Waals surface area contributed by atoms with Gasteiger partial charge in [0.2, 0.25) is 0 Å². The van der Waals surface area contributed by atoms with Gasteiger partial charge in [-0.25, -0.2) is 0 Å². The third-order valence-corrected chi connectivity index (χ3v) is 4.21. The summed E-state index contributed by atoms with van der Waals surface area (Å²) in [5, 5.41) is 4.04. The van der Waals surface area contributed by atoms with E-state index in [4.69, 9.17) is 11.6 Å². The Kier molecular flexibility index (Phi) is 4.95. The smallest absolute Gasteiger partial charge is 0.0413 e. The quantitative estimate of drug-likeness (QED) is 0.925. The fourth-order valence-electron chi connectivity index (χ4n) is 2.81. The van der Waals surface area contributed by atoms with Crippen LogP contribution in [0.3, 0.4) is 0 Å². The number of benzene rings is 1. The largest absolute Gasteiger partial charge is 0.369 e. The van der Waals surface area contributed by atoms with Crippen molar-refractivity contribution in [2.75, 3.05) is 38.1 Å². The molecule has 1 fully saturated rings. The SMILES string of the molecule is CNCc1cc(Cl)ccc1N1CCN(C(C)(C)C)CC1. The van der Waals surface area contributed by atoms with Crippen LogP contribution in [0.2, 0.25) is 5.02 Å². The fraction of sp³-hybridized carbons (Fsp3) is 0.625. The summed E-state index contributed by atoms with van der Waals surface area (Å²) in [6, 6.07) is 6.22. The molecule has 2 rings (SSSR count). The van der Waals surface area contributed by atoms with Crippen molar-refractivity contribution in [2.45, 2.75) is 32.9 Å². The Bertz CT molecular complexity index is 446. The topological polar surface area (TPSA) is 18.5 Å². The molecule has 1 aromatic rings. The number of anilines is 1. The lowest BCUT2D eigenvalue weighted by Crippen LogP contribution is -2.53. The van der Waals surface area contributed by atoms with Gasteiger partial charge in [0.1, 0.15) is 0 Å². The summed E-state index contributed by atoms with van der Waals surface area (Å²) in [5.74, 6) is 0. The van der Waals surface area contributed by atoms with Gasteiger partial charge in [-0.05, 0) is 51.6 Å². The minimum absolute atomic E-state index is 0.264. The molecule has 0 radical (unpaired) electrons. The van der Waals surface area contributed by atoms with Crippen LogP contribution in [-0.4, -0.2) is 43.7 Å². The van der Waals surface area contributed by atoms with Crippen LogP contribution in [-0.2, 0) is 6.54 Å². The van der Waals surface area contributed by atoms with E-state index in [0.717, 1.165) is 37.7 Å². The lowest BCUT2D eigenvalue weighted by Gasteiger charge is -2.43. The van der Waals surface area contributed by atoms with E-state index >= 15 is 0 Å². The van der Waals surface area contributed by atoms with Crippen molar-refractivity contribution < 1.29 is 0 Å². The van der Waals surface area contributed by atoms with Gasteiger partial charge in [-0.2, -0.15) is 0 Å². The van der Waals surface area contributed by atoms with E-state index in [0.29, 0.717) is 0 Å². The Hall–Kier alpha value is -0.770. The molecule has 1 heterocycles. The summed E-state index contributed by atoms with van der Waals surface area (Å²) < 4.78 is 0. The van der Waals surface area contributed by atoms with E-state index in [1.54, 1.807) is 0 Å². The first kappa shape index (κ1) is 15.6. The highest BCUT2D eigenvalue weighted by Gasteiger charge is 2.26. The number of nitrogens with one attached hydrogen (secondary N) is 1. The third kappa shape index (κ3) is 3.66. The lowest BCUT2D eigenvalue weighted by atomic mass is 10.0. The van der Waals surface area contributed by atoms with E-state index in [1.165, 1.54) is 11.3 Å². The highest BCUT2D eigenvalue weighted by Crippen LogP contribution is 2.26. The Labute approximate surface area is 127 Å². The third-order valence-electron chi connectivity index (χ3n) is 3.98. The van der Waals surface area contributed by atoms with Gasteiger partial charge >= 0.3 is 0 Å². The average molecular weight is 296 g/mol. The van der Waals surface area contributed by atoms with Crippen LogP contribution in [0, 0.1) is 0 Å². The zero-order valence-corrected chi connectivity index (χ0v) is 13.8.